The molecule has 0 atom stereocenters. The maximum atomic E-state index is 13.5. The van der Waals surface area contributed by atoms with E-state index in [4.69, 9.17) is 0 Å². The van der Waals surface area contributed by atoms with Gasteiger partial charge in [-0.15, -0.1) is 11.3 Å². The van der Waals surface area contributed by atoms with Crippen LogP contribution in [0.3, 0.4) is 0 Å². The standard InChI is InChI=1S/C38H62N2O2S/c1-3-5-7-9-11-13-15-17-19-21-23-25-29-39-32-33-35(38(39)42)36(34-28-27-31-43-34)40(37(33)41)30-26-24-22-20-18-16-14-12-10-8-6-4-2/h27-28,31-32H,3-26,29-30H2,1-2H3. The van der Waals surface area contributed by atoms with Crippen LogP contribution in [0.5, 0.6) is 0 Å². The molecule has 0 aromatic carbocycles. The molecule has 0 unspecified atom stereocenters. The lowest BCUT2D eigenvalue weighted by molar-refractivity contribution is -0.124. The summed E-state index contributed by atoms with van der Waals surface area (Å²) < 4.78 is 0. The molecule has 0 aliphatic carbocycles. The molecular formula is C38H62N2O2S. The zero-order valence-corrected chi connectivity index (χ0v) is 28.6. The predicted molar refractivity (Wildman–Crippen MR) is 185 cm³/mol. The second kappa shape index (κ2) is 21.8. The molecule has 0 saturated heterocycles. The number of unbranched alkanes of at least 4 members (excludes halogenated alkanes) is 22. The zero-order valence-electron chi connectivity index (χ0n) is 27.8. The number of hydrogen-bond donors (Lipinski definition) is 0. The molecule has 1 aromatic rings. The number of fused-ring (bicyclic) bond motifs is 1. The van der Waals surface area contributed by atoms with Gasteiger partial charge in [0.1, 0.15) is 0 Å². The van der Waals surface area contributed by atoms with Crippen molar-refractivity contribution in [1.82, 2.24) is 9.80 Å². The van der Waals surface area contributed by atoms with Gasteiger partial charge in [0, 0.05) is 19.3 Å². The van der Waals surface area contributed by atoms with Crippen molar-refractivity contribution in [2.45, 2.75) is 168 Å². The van der Waals surface area contributed by atoms with E-state index >= 15 is 0 Å². The Balaban J connectivity index is 1.35. The highest BCUT2D eigenvalue weighted by atomic mass is 32.1. The van der Waals surface area contributed by atoms with E-state index in [-0.39, 0.29) is 11.8 Å². The number of amides is 2. The first kappa shape index (κ1) is 35.6. The normalized spacial score (nSPS) is 14.9. The van der Waals surface area contributed by atoms with Crippen LogP contribution in [0.4, 0.5) is 0 Å². The summed E-state index contributed by atoms with van der Waals surface area (Å²) in [7, 11) is 0. The van der Waals surface area contributed by atoms with Gasteiger partial charge in [0.25, 0.3) is 11.8 Å². The third-order valence-electron chi connectivity index (χ3n) is 9.25. The number of thiophene rings is 1. The molecule has 1 aromatic heterocycles. The fourth-order valence-corrected chi connectivity index (χ4v) is 7.38. The van der Waals surface area contributed by atoms with Crippen molar-refractivity contribution in [2.24, 2.45) is 0 Å². The van der Waals surface area contributed by atoms with Crippen molar-refractivity contribution in [3.8, 4) is 0 Å². The Hall–Kier alpha value is -1.88. The maximum absolute atomic E-state index is 13.5. The van der Waals surface area contributed by atoms with Crippen LogP contribution < -0.4 is 0 Å². The van der Waals surface area contributed by atoms with Gasteiger partial charge >= 0.3 is 0 Å². The summed E-state index contributed by atoms with van der Waals surface area (Å²) in [5.41, 5.74) is 2.12. The van der Waals surface area contributed by atoms with Crippen LogP contribution in [-0.4, -0.2) is 34.7 Å². The van der Waals surface area contributed by atoms with Crippen molar-refractivity contribution in [3.63, 3.8) is 0 Å². The lowest BCUT2D eigenvalue weighted by Gasteiger charge is -2.21. The second-order valence-corrected chi connectivity index (χ2v) is 13.9. The lowest BCUT2D eigenvalue weighted by atomic mass is 10.1. The minimum Gasteiger partial charge on any atom is -0.314 e. The van der Waals surface area contributed by atoms with E-state index in [1.807, 2.05) is 27.4 Å². The fraction of sp³-hybridized carbons (Fsp3) is 0.737. The molecule has 5 heteroatoms. The van der Waals surface area contributed by atoms with Crippen molar-refractivity contribution in [2.75, 3.05) is 13.1 Å². The molecule has 0 N–H and O–H groups in total. The van der Waals surface area contributed by atoms with E-state index in [0.717, 1.165) is 36.3 Å². The highest BCUT2D eigenvalue weighted by Gasteiger charge is 2.44. The van der Waals surface area contributed by atoms with Crippen LogP contribution >= 0.6 is 11.3 Å². The lowest BCUT2D eigenvalue weighted by Crippen LogP contribution is -2.28. The minimum absolute atomic E-state index is 0.0204. The van der Waals surface area contributed by atoms with Gasteiger partial charge in [-0.05, 0) is 24.3 Å². The van der Waals surface area contributed by atoms with Crippen LogP contribution in [-0.2, 0) is 9.59 Å². The Morgan fingerprint density at radius 1 is 0.558 bits per heavy atom. The van der Waals surface area contributed by atoms with Crippen molar-refractivity contribution in [1.29, 1.82) is 0 Å². The molecule has 3 rings (SSSR count). The summed E-state index contributed by atoms with van der Waals surface area (Å²) in [6.07, 6.45) is 33.1. The van der Waals surface area contributed by atoms with Gasteiger partial charge in [-0.2, -0.15) is 0 Å². The monoisotopic (exact) mass is 610 g/mol. The smallest absolute Gasteiger partial charge is 0.260 e. The number of carbonyl (C=O) groups excluding carboxylic acids is 2. The van der Waals surface area contributed by atoms with Gasteiger partial charge in [0.15, 0.2) is 0 Å². The van der Waals surface area contributed by atoms with Gasteiger partial charge in [0.05, 0.1) is 21.7 Å². The van der Waals surface area contributed by atoms with Crippen LogP contribution in [0.1, 0.15) is 173 Å². The van der Waals surface area contributed by atoms with Crippen LogP contribution in [0.25, 0.3) is 5.70 Å². The molecule has 43 heavy (non-hydrogen) atoms. The molecule has 0 saturated carbocycles. The fourth-order valence-electron chi connectivity index (χ4n) is 6.59. The third kappa shape index (κ3) is 12.2. The van der Waals surface area contributed by atoms with Gasteiger partial charge in [-0.25, -0.2) is 0 Å². The summed E-state index contributed by atoms with van der Waals surface area (Å²) in [6.45, 7) is 5.97. The Bertz CT molecular complexity index is 980. The highest BCUT2D eigenvalue weighted by Crippen LogP contribution is 2.42. The van der Waals surface area contributed by atoms with Gasteiger partial charge in [0.2, 0.25) is 0 Å². The largest absolute Gasteiger partial charge is 0.314 e. The first-order chi connectivity index (χ1) is 21.2. The molecule has 0 bridgehead atoms. The van der Waals surface area contributed by atoms with Gasteiger partial charge in [-0.3, -0.25) is 9.59 Å². The van der Waals surface area contributed by atoms with Crippen molar-refractivity contribution < 1.29 is 9.59 Å². The number of hydrogen-bond acceptors (Lipinski definition) is 3. The first-order valence-corrected chi connectivity index (χ1v) is 19.2. The van der Waals surface area contributed by atoms with Crippen molar-refractivity contribution >= 4 is 28.8 Å². The predicted octanol–water partition coefficient (Wildman–Crippen LogP) is 11.4. The number of carbonyl (C=O) groups is 2. The van der Waals surface area contributed by atoms with E-state index in [1.165, 1.54) is 128 Å². The Morgan fingerprint density at radius 2 is 1.00 bits per heavy atom. The molecule has 0 radical (unpaired) electrons. The van der Waals surface area contributed by atoms with E-state index < -0.39 is 0 Å². The first-order valence-electron chi connectivity index (χ1n) is 18.3. The van der Waals surface area contributed by atoms with Crippen LogP contribution in [0.15, 0.2) is 34.9 Å². The van der Waals surface area contributed by atoms with E-state index in [2.05, 4.69) is 19.9 Å². The molecule has 0 fully saturated rings. The second-order valence-electron chi connectivity index (χ2n) is 13.0. The minimum atomic E-state index is 0.0204. The Morgan fingerprint density at radius 3 is 1.44 bits per heavy atom. The molecular weight excluding hydrogens is 548 g/mol. The van der Waals surface area contributed by atoms with Crippen molar-refractivity contribution in [3.05, 3.63) is 39.7 Å². The van der Waals surface area contributed by atoms with E-state index in [0.29, 0.717) is 24.2 Å². The summed E-state index contributed by atoms with van der Waals surface area (Å²) in [6, 6.07) is 4.07. The average molecular weight is 611 g/mol. The Labute approximate surface area is 268 Å². The quantitative estimate of drug-likeness (QED) is 0.0930. The number of rotatable bonds is 27. The molecule has 2 amide bonds. The number of nitrogens with zero attached hydrogens (tertiary/aromatic N) is 2. The molecule has 2 aliphatic rings. The van der Waals surface area contributed by atoms with Gasteiger partial charge in [-0.1, -0.05) is 161 Å². The van der Waals surface area contributed by atoms with Gasteiger partial charge < -0.3 is 9.80 Å². The van der Waals surface area contributed by atoms with E-state index in [1.54, 1.807) is 11.3 Å². The summed E-state index contributed by atoms with van der Waals surface area (Å²) in [4.78, 5) is 31.8. The zero-order chi connectivity index (χ0) is 30.5. The third-order valence-corrected chi connectivity index (χ3v) is 10.1. The molecule has 0 spiro atoms. The van der Waals surface area contributed by atoms with Crippen LogP contribution in [0, 0.1) is 0 Å². The molecule has 2 aliphatic heterocycles. The Kier molecular flexibility index (Phi) is 18.0. The summed E-state index contributed by atoms with van der Waals surface area (Å²) >= 11 is 1.63. The average Bonchev–Trinajstić information content (AvgIpc) is 3.72. The molecule has 4 nitrogen and oxygen atoms in total. The summed E-state index contributed by atoms with van der Waals surface area (Å²) in [5, 5.41) is 2.04. The van der Waals surface area contributed by atoms with E-state index in [9.17, 15) is 9.59 Å². The maximum Gasteiger partial charge on any atom is 0.260 e. The highest BCUT2D eigenvalue weighted by molar-refractivity contribution is 7.11. The topological polar surface area (TPSA) is 40.6 Å². The van der Waals surface area contributed by atoms with Crippen LogP contribution in [0.2, 0.25) is 0 Å². The summed E-state index contributed by atoms with van der Waals surface area (Å²) in [5.74, 6) is 0.0408. The molecule has 3 heterocycles. The SMILES string of the molecule is CCCCCCCCCCCCCCN1C=C2C(=O)N(CCCCCCCCCCCCCC)C(c3cccs3)=C2C1=O. The molecule has 242 valence electrons.